The van der Waals surface area contributed by atoms with E-state index >= 15 is 0 Å². The van der Waals surface area contributed by atoms with E-state index in [1.165, 1.54) is 0 Å². The van der Waals surface area contributed by atoms with Crippen LogP contribution in [0.25, 0.3) is 0 Å². The average molecular weight is 345 g/mol. The molecular weight excluding hydrogens is 314 g/mol. The van der Waals surface area contributed by atoms with E-state index < -0.39 is 0 Å². The zero-order chi connectivity index (χ0) is 17.7. The third-order valence-corrected chi connectivity index (χ3v) is 5.78. The Balaban J connectivity index is 1.68. The third kappa shape index (κ3) is 3.98. The second-order valence-electron chi connectivity index (χ2n) is 7.32. The summed E-state index contributed by atoms with van der Waals surface area (Å²) in [5.74, 6) is 1.06. The molecular formula is C20H31N3O2. The van der Waals surface area contributed by atoms with E-state index in [1.54, 1.807) is 7.11 Å². The monoisotopic (exact) mass is 345 g/mol. The van der Waals surface area contributed by atoms with Gasteiger partial charge in [0.25, 0.3) is 0 Å². The maximum Gasteiger partial charge on any atom is 0.230 e. The van der Waals surface area contributed by atoms with Crippen LogP contribution in [0.4, 0.5) is 0 Å². The minimum absolute atomic E-state index is 0.186. The molecule has 1 aliphatic heterocycles. The lowest BCUT2D eigenvalue weighted by molar-refractivity contribution is -0.126. The van der Waals surface area contributed by atoms with Crippen LogP contribution in [0, 0.1) is 6.92 Å². The molecule has 0 radical (unpaired) electrons. The number of hydrogen-bond acceptors (Lipinski definition) is 4. The van der Waals surface area contributed by atoms with Crippen molar-refractivity contribution in [1.82, 2.24) is 15.5 Å². The van der Waals surface area contributed by atoms with Crippen LogP contribution >= 0.6 is 0 Å². The number of carbonyl (C=O) groups is 1. The normalized spacial score (nSPS) is 20.4. The minimum atomic E-state index is -0.384. The highest BCUT2D eigenvalue weighted by atomic mass is 16.5. The quantitative estimate of drug-likeness (QED) is 0.826. The van der Waals surface area contributed by atoms with Gasteiger partial charge in [0.2, 0.25) is 5.91 Å². The molecule has 1 aromatic carbocycles. The van der Waals surface area contributed by atoms with Crippen LogP contribution in [0.15, 0.2) is 18.2 Å². The van der Waals surface area contributed by atoms with Gasteiger partial charge in [-0.3, -0.25) is 9.69 Å². The van der Waals surface area contributed by atoms with E-state index in [0.29, 0.717) is 0 Å². The van der Waals surface area contributed by atoms with Gasteiger partial charge in [0.1, 0.15) is 5.75 Å². The molecule has 25 heavy (non-hydrogen) atoms. The molecule has 2 aliphatic rings. The molecule has 5 nitrogen and oxygen atoms in total. The van der Waals surface area contributed by atoms with Crippen molar-refractivity contribution in [3.05, 3.63) is 29.3 Å². The lowest BCUT2D eigenvalue weighted by atomic mass is 9.77. The maximum atomic E-state index is 13.1. The minimum Gasteiger partial charge on any atom is -0.496 e. The predicted molar refractivity (Wildman–Crippen MR) is 100 cm³/mol. The van der Waals surface area contributed by atoms with Crippen molar-refractivity contribution in [3.8, 4) is 5.75 Å². The molecule has 1 heterocycles. The topological polar surface area (TPSA) is 53.6 Å². The molecule has 5 heteroatoms. The van der Waals surface area contributed by atoms with Crippen LogP contribution in [-0.2, 0) is 10.2 Å². The van der Waals surface area contributed by atoms with Gasteiger partial charge in [-0.25, -0.2) is 0 Å². The number of ether oxygens (including phenoxy) is 1. The predicted octanol–water partition coefficient (Wildman–Crippen LogP) is 1.84. The largest absolute Gasteiger partial charge is 0.496 e. The van der Waals surface area contributed by atoms with Crippen LogP contribution in [0.5, 0.6) is 5.75 Å². The SMILES string of the molecule is COc1cc(C2(C(=O)NCCN3CCNCC3)CCCC2)ccc1C. The number of rotatable bonds is 6. The van der Waals surface area contributed by atoms with Gasteiger partial charge >= 0.3 is 0 Å². The summed E-state index contributed by atoms with van der Waals surface area (Å²) in [6, 6.07) is 6.25. The number of hydrogen-bond donors (Lipinski definition) is 2. The molecule has 1 saturated carbocycles. The molecule has 2 fully saturated rings. The Morgan fingerprint density at radius 3 is 2.68 bits per heavy atom. The van der Waals surface area contributed by atoms with Gasteiger partial charge in [-0.05, 0) is 37.0 Å². The lowest BCUT2D eigenvalue weighted by Crippen LogP contribution is -2.48. The highest BCUT2D eigenvalue weighted by Gasteiger charge is 2.42. The number of piperazine rings is 1. The summed E-state index contributed by atoms with van der Waals surface area (Å²) in [7, 11) is 1.70. The van der Waals surface area contributed by atoms with E-state index in [9.17, 15) is 4.79 Å². The zero-order valence-electron chi connectivity index (χ0n) is 15.6. The number of carbonyl (C=O) groups excluding carboxylic acids is 1. The molecule has 0 unspecified atom stereocenters. The van der Waals surface area contributed by atoms with Gasteiger partial charge in [-0.2, -0.15) is 0 Å². The molecule has 1 aliphatic carbocycles. The highest BCUT2D eigenvalue weighted by molar-refractivity contribution is 5.88. The Hall–Kier alpha value is -1.59. The molecule has 138 valence electrons. The summed E-state index contributed by atoms with van der Waals surface area (Å²) in [6.45, 7) is 7.91. The van der Waals surface area contributed by atoms with E-state index in [-0.39, 0.29) is 11.3 Å². The van der Waals surface area contributed by atoms with Crippen LogP contribution in [0.1, 0.15) is 36.8 Å². The molecule has 2 N–H and O–H groups in total. The fourth-order valence-electron chi connectivity index (χ4n) is 4.17. The number of aryl methyl sites for hydroxylation is 1. The smallest absolute Gasteiger partial charge is 0.230 e. The second kappa shape index (κ2) is 8.19. The first kappa shape index (κ1) is 18.2. The molecule has 0 bridgehead atoms. The van der Waals surface area contributed by atoms with Crippen molar-refractivity contribution in [3.63, 3.8) is 0 Å². The van der Waals surface area contributed by atoms with Gasteiger partial charge in [0.05, 0.1) is 12.5 Å². The Labute approximate surface area is 151 Å². The maximum absolute atomic E-state index is 13.1. The van der Waals surface area contributed by atoms with Gasteiger partial charge in [-0.15, -0.1) is 0 Å². The Morgan fingerprint density at radius 2 is 2.00 bits per heavy atom. The fraction of sp³-hybridized carbons (Fsp3) is 0.650. The number of nitrogens with one attached hydrogen (secondary N) is 2. The second-order valence-corrected chi connectivity index (χ2v) is 7.32. The van der Waals surface area contributed by atoms with Crippen LogP contribution in [-0.4, -0.2) is 57.2 Å². The Bertz CT molecular complexity index is 591. The Morgan fingerprint density at radius 1 is 1.28 bits per heavy atom. The van der Waals surface area contributed by atoms with Gasteiger partial charge < -0.3 is 15.4 Å². The number of benzene rings is 1. The summed E-state index contributed by atoms with van der Waals surface area (Å²) in [5.41, 5.74) is 1.83. The Kier molecular flexibility index (Phi) is 5.97. The van der Waals surface area contributed by atoms with Gasteiger partial charge in [-0.1, -0.05) is 25.0 Å². The molecule has 1 aromatic rings. The standard InChI is InChI=1S/C20H31N3O2/c1-16-5-6-17(15-18(16)25-2)20(7-3-4-8-20)19(24)22-11-14-23-12-9-21-10-13-23/h5-6,15,21H,3-4,7-14H2,1-2H3,(H,22,24). The lowest BCUT2D eigenvalue weighted by Gasteiger charge is -2.31. The van der Waals surface area contributed by atoms with Crippen molar-refractivity contribution in [2.75, 3.05) is 46.4 Å². The van der Waals surface area contributed by atoms with Crippen molar-refractivity contribution < 1.29 is 9.53 Å². The molecule has 1 amide bonds. The van der Waals surface area contributed by atoms with E-state index in [2.05, 4.69) is 33.7 Å². The van der Waals surface area contributed by atoms with Crippen molar-refractivity contribution in [2.45, 2.75) is 38.0 Å². The third-order valence-electron chi connectivity index (χ3n) is 5.78. The first-order valence-electron chi connectivity index (χ1n) is 9.52. The summed E-state index contributed by atoms with van der Waals surface area (Å²) in [5, 5.41) is 6.58. The summed E-state index contributed by atoms with van der Waals surface area (Å²) in [4.78, 5) is 15.5. The molecule has 3 rings (SSSR count). The van der Waals surface area contributed by atoms with Gasteiger partial charge in [0, 0.05) is 39.3 Å². The summed E-state index contributed by atoms with van der Waals surface area (Å²) < 4.78 is 5.49. The zero-order valence-corrected chi connectivity index (χ0v) is 15.6. The van der Waals surface area contributed by atoms with E-state index in [0.717, 1.165) is 81.8 Å². The fourth-order valence-corrected chi connectivity index (χ4v) is 4.17. The number of methoxy groups -OCH3 is 1. The van der Waals surface area contributed by atoms with E-state index in [4.69, 9.17) is 4.74 Å². The first-order valence-corrected chi connectivity index (χ1v) is 9.52. The number of amides is 1. The summed E-state index contributed by atoms with van der Waals surface area (Å²) >= 11 is 0. The van der Waals surface area contributed by atoms with Crippen molar-refractivity contribution in [1.29, 1.82) is 0 Å². The molecule has 0 aromatic heterocycles. The molecule has 0 atom stereocenters. The van der Waals surface area contributed by atoms with Crippen LogP contribution in [0.2, 0.25) is 0 Å². The van der Waals surface area contributed by atoms with Crippen LogP contribution in [0.3, 0.4) is 0 Å². The highest BCUT2D eigenvalue weighted by Crippen LogP contribution is 2.42. The van der Waals surface area contributed by atoms with E-state index in [1.807, 2.05) is 6.92 Å². The molecule has 1 saturated heterocycles. The molecule has 0 spiro atoms. The van der Waals surface area contributed by atoms with Crippen molar-refractivity contribution >= 4 is 5.91 Å². The van der Waals surface area contributed by atoms with Crippen LogP contribution < -0.4 is 15.4 Å². The first-order chi connectivity index (χ1) is 12.2. The average Bonchev–Trinajstić information content (AvgIpc) is 3.14. The summed E-state index contributed by atoms with van der Waals surface area (Å²) in [6.07, 6.45) is 4.08. The number of nitrogens with zero attached hydrogens (tertiary/aromatic N) is 1. The van der Waals surface area contributed by atoms with Crippen molar-refractivity contribution in [2.24, 2.45) is 0 Å². The van der Waals surface area contributed by atoms with Gasteiger partial charge in [0.15, 0.2) is 0 Å².